The average molecular weight is 368 g/mol. The van der Waals surface area contributed by atoms with Gasteiger partial charge < -0.3 is 5.32 Å². The van der Waals surface area contributed by atoms with Crippen LogP contribution in [-0.4, -0.2) is 18.7 Å². The topological polar surface area (TPSA) is 48.2 Å². The Morgan fingerprint density at radius 1 is 1.04 bits per heavy atom. The summed E-state index contributed by atoms with van der Waals surface area (Å²) in [5, 5.41) is 12.6. The highest BCUT2D eigenvalue weighted by Gasteiger charge is 2.01. The molecule has 0 heterocycles. The molecule has 0 fully saturated rings. The molecule has 0 amide bonds. The molecule has 0 saturated carbocycles. The van der Waals surface area contributed by atoms with E-state index in [1.807, 2.05) is 36.4 Å². The second-order valence-electron chi connectivity index (χ2n) is 5.27. The van der Waals surface area contributed by atoms with Gasteiger partial charge in [-0.1, -0.05) is 36.4 Å². The lowest BCUT2D eigenvalue weighted by atomic mass is 10.2. The summed E-state index contributed by atoms with van der Waals surface area (Å²) >= 11 is 3.52. The van der Waals surface area contributed by atoms with Crippen molar-refractivity contribution in [2.45, 2.75) is 11.5 Å². The first-order valence-electron chi connectivity index (χ1n) is 7.83. The molecule has 0 saturated heterocycles. The maximum Gasteiger partial charge on any atom is 0.102 e. The van der Waals surface area contributed by atoms with Crippen molar-refractivity contribution >= 4 is 41.1 Å². The van der Waals surface area contributed by atoms with Crippen LogP contribution in [0.15, 0.2) is 65.3 Å². The smallest absolute Gasteiger partial charge is 0.102 e. The Morgan fingerprint density at radius 2 is 1.68 bits per heavy atom. The normalized spacial score (nSPS) is 11.5. The van der Waals surface area contributed by atoms with Crippen LogP contribution < -0.4 is 5.32 Å². The van der Waals surface area contributed by atoms with E-state index in [2.05, 4.69) is 41.0 Å². The molecule has 0 unspecified atom stereocenters. The van der Waals surface area contributed by atoms with Gasteiger partial charge in [0.1, 0.15) is 6.07 Å². The summed E-state index contributed by atoms with van der Waals surface area (Å²) in [4.78, 5) is 4.49. The molecule has 0 aliphatic heterocycles. The average Bonchev–Trinajstić information content (AvgIpc) is 2.64. The first kappa shape index (κ1) is 19.2. The highest BCUT2D eigenvalue weighted by molar-refractivity contribution is 7.98. The number of thioether (sulfide) groups is 2. The molecule has 1 N–H and O–H groups in total. The zero-order chi connectivity index (χ0) is 17.9. The van der Waals surface area contributed by atoms with Gasteiger partial charge in [0.05, 0.1) is 11.3 Å². The Balaban J connectivity index is 2.15. The highest BCUT2D eigenvalue weighted by Crippen LogP contribution is 2.23. The van der Waals surface area contributed by atoms with Gasteiger partial charge in [0, 0.05) is 29.6 Å². The van der Waals surface area contributed by atoms with E-state index in [-0.39, 0.29) is 0 Å². The fourth-order valence-electron chi connectivity index (χ4n) is 2.25. The van der Waals surface area contributed by atoms with Crippen LogP contribution in [0.3, 0.4) is 0 Å². The van der Waals surface area contributed by atoms with Gasteiger partial charge in [-0.3, -0.25) is 4.99 Å². The van der Waals surface area contributed by atoms with E-state index >= 15 is 0 Å². The van der Waals surface area contributed by atoms with Gasteiger partial charge in [-0.25, -0.2) is 0 Å². The molecule has 25 heavy (non-hydrogen) atoms. The van der Waals surface area contributed by atoms with E-state index in [1.165, 1.54) is 11.1 Å². The lowest BCUT2D eigenvalue weighted by Crippen LogP contribution is -1.95. The summed E-state index contributed by atoms with van der Waals surface area (Å²) in [6, 6.07) is 18.3. The van der Waals surface area contributed by atoms with Crippen molar-refractivity contribution in [2.24, 2.45) is 4.99 Å². The van der Waals surface area contributed by atoms with Crippen LogP contribution in [0.2, 0.25) is 0 Å². The molecule has 2 aromatic rings. The van der Waals surface area contributed by atoms with Crippen molar-refractivity contribution in [3.63, 3.8) is 0 Å². The summed E-state index contributed by atoms with van der Waals surface area (Å²) in [6.45, 7) is 0. The predicted octanol–water partition coefficient (Wildman–Crippen LogP) is 5.63. The van der Waals surface area contributed by atoms with Crippen molar-refractivity contribution in [2.75, 3.05) is 17.8 Å². The van der Waals surface area contributed by atoms with Crippen molar-refractivity contribution in [3.05, 3.63) is 71.4 Å². The van der Waals surface area contributed by atoms with Crippen LogP contribution in [0.1, 0.15) is 11.1 Å². The van der Waals surface area contributed by atoms with Crippen molar-refractivity contribution < 1.29 is 0 Å². The third-order valence-corrected chi connectivity index (χ3v) is 4.66. The maximum atomic E-state index is 9.37. The van der Waals surface area contributed by atoms with E-state index in [9.17, 15) is 5.26 Å². The Labute approximate surface area is 158 Å². The molecule has 0 aromatic heterocycles. The number of aliphatic imine (C=N–C) groups is 1. The molecular weight excluding hydrogens is 346 g/mol. The Kier molecular flexibility index (Phi) is 8.17. The zero-order valence-corrected chi connectivity index (χ0v) is 16.0. The van der Waals surface area contributed by atoms with Gasteiger partial charge >= 0.3 is 0 Å². The molecule has 0 spiro atoms. The molecule has 128 valence electrons. The SMILES string of the molecule is CSCc1ccccc1N=C/C(C#N)=C/Nc1ccccc1CSC. The minimum Gasteiger partial charge on any atom is -0.360 e. The third kappa shape index (κ3) is 6.00. The molecule has 3 nitrogen and oxygen atoms in total. The molecule has 0 bridgehead atoms. The summed E-state index contributed by atoms with van der Waals surface area (Å²) in [5.41, 5.74) is 4.78. The van der Waals surface area contributed by atoms with Crippen LogP contribution in [0, 0.1) is 11.3 Å². The first-order chi connectivity index (χ1) is 12.3. The van der Waals surface area contributed by atoms with Gasteiger partial charge in [0.15, 0.2) is 0 Å². The Morgan fingerprint density at radius 3 is 2.40 bits per heavy atom. The zero-order valence-electron chi connectivity index (χ0n) is 14.4. The van der Waals surface area contributed by atoms with Crippen LogP contribution >= 0.6 is 23.5 Å². The van der Waals surface area contributed by atoms with Gasteiger partial charge in [-0.15, -0.1) is 0 Å². The maximum absolute atomic E-state index is 9.37. The third-order valence-electron chi connectivity index (χ3n) is 3.46. The van der Waals surface area contributed by atoms with E-state index in [1.54, 1.807) is 35.9 Å². The minimum atomic E-state index is 0.484. The molecule has 5 heteroatoms. The molecule has 0 atom stereocenters. The van der Waals surface area contributed by atoms with Crippen LogP contribution in [-0.2, 0) is 11.5 Å². The molecular formula is C20H21N3S2. The summed E-state index contributed by atoms with van der Waals surface area (Å²) in [5.74, 6) is 1.83. The van der Waals surface area contributed by atoms with Crippen LogP contribution in [0.5, 0.6) is 0 Å². The summed E-state index contributed by atoms with van der Waals surface area (Å²) in [6.07, 6.45) is 7.46. The predicted molar refractivity (Wildman–Crippen MR) is 113 cm³/mol. The number of hydrogen-bond donors (Lipinski definition) is 1. The number of rotatable bonds is 8. The number of nitrogens with one attached hydrogen (secondary N) is 1. The van der Waals surface area contributed by atoms with Gasteiger partial charge in [0.25, 0.3) is 0 Å². The van der Waals surface area contributed by atoms with Gasteiger partial charge in [-0.2, -0.15) is 28.8 Å². The van der Waals surface area contributed by atoms with Crippen LogP contribution in [0.25, 0.3) is 0 Å². The molecule has 0 aliphatic rings. The van der Waals surface area contributed by atoms with E-state index in [4.69, 9.17) is 0 Å². The Hall–Kier alpha value is -2.16. The fourth-order valence-corrected chi connectivity index (χ4v) is 3.37. The number of nitriles is 1. The molecule has 0 aliphatic carbocycles. The van der Waals surface area contributed by atoms with Crippen molar-refractivity contribution in [3.8, 4) is 6.07 Å². The number of para-hydroxylation sites is 2. The van der Waals surface area contributed by atoms with Crippen molar-refractivity contribution in [1.82, 2.24) is 0 Å². The van der Waals surface area contributed by atoms with E-state index in [0.717, 1.165) is 22.9 Å². The number of hydrogen-bond acceptors (Lipinski definition) is 5. The Bertz CT molecular complexity index is 792. The van der Waals surface area contributed by atoms with E-state index in [0.29, 0.717) is 5.57 Å². The highest BCUT2D eigenvalue weighted by atomic mass is 32.2. The van der Waals surface area contributed by atoms with Crippen molar-refractivity contribution in [1.29, 1.82) is 5.26 Å². The first-order valence-corrected chi connectivity index (χ1v) is 10.6. The largest absolute Gasteiger partial charge is 0.360 e. The molecule has 2 aromatic carbocycles. The number of benzene rings is 2. The lowest BCUT2D eigenvalue weighted by molar-refractivity contribution is 1.36. The summed E-state index contributed by atoms with van der Waals surface area (Å²) in [7, 11) is 0. The summed E-state index contributed by atoms with van der Waals surface area (Å²) < 4.78 is 0. The monoisotopic (exact) mass is 367 g/mol. The van der Waals surface area contributed by atoms with Gasteiger partial charge in [-0.05, 0) is 35.8 Å². The second kappa shape index (κ2) is 10.7. The van der Waals surface area contributed by atoms with Crippen LogP contribution in [0.4, 0.5) is 11.4 Å². The number of nitrogens with zero attached hydrogens (tertiary/aromatic N) is 2. The number of allylic oxidation sites excluding steroid dienone is 1. The quantitative estimate of drug-likeness (QED) is 0.485. The fraction of sp³-hybridized carbons (Fsp3) is 0.200. The molecule has 0 radical (unpaired) electrons. The minimum absolute atomic E-state index is 0.484. The number of anilines is 1. The lowest BCUT2D eigenvalue weighted by Gasteiger charge is -2.08. The second-order valence-corrected chi connectivity index (χ2v) is 7.00. The molecule has 2 rings (SSSR count). The van der Waals surface area contributed by atoms with E-state index < -0.39 is 0 Å². The standard InChI is InChI=1S/C20H21N3S2/c1-24-14-17-7-3-5-9-19(17)22-12-16(11-21)13-23-20-10-6-4-8-18(20)15-25-2/h3-10,12-13,22H,14-15H2,1-2H3/b16-12+,23-13?. The van der Waals surface area contributed by atoms with Gasteiger partial charge in [0.2, 0.25) is 0 Å².